The van der Waals surface area contributed by atoms with Gasteiger partial charge in [0.1, 0.15) is 0 Å². The van der Waals surface area contributed by atoms with Crippen molar-refractivity contribution >= 4 is 18.2 Å². The largest absolute Gasteiger partial charge is 0.351 e. The van der Waals surface area contributed by atoms with E-state index in [9.17, 15) is 8.78 Å². The summed E-state index contributed by atoms with van der Waals surface area (Å²) in [7, 11) is 0. The number of nitrogens with zero attached hydrogens (tertiary/aromatic N) is 4. The molecule has 0 amide bonds. The van der Waals surface area contributed by atoms with Gasteiger partial charge in [0.05, 0.1) is 11.9 Å². The third-order valence-corrected chi connectivity index (χ3v) is 6.80. The van der Waals surface area contributed by atoms with Gasteiger partial charge in [-0.05, 0) is 44.2 Å². The Morgan fingerprint density at radius 1 is 1.00 bits per heavy atom. The van der Waals surface area contributed by atoms with E-state index in [1.54, 1.807) is 12.1 Å². The minimum atomic E-state index is -0.910. The van der Waals surface area contributed by atoms with Crippen LogP contribution in [-0.2, 0) is 6.42 Å². The van der Waals surface area contributed by atoms with E-state index in [2.05, 4.69) is 30.6 Å². The number of H-pyrrole nitrogens is 1. The summed E-state index contributed by atoms with van der Waals surface area (Å²) in [6, 6.07) is 6.69. The maximum absolute atomic E-state index is 14.9. The van der Waals surface area contributed by atoms with E-state index in [4.69, 9.17) is 0 Å². The van der Waals surface area contributed by atoms with Crippen LogP contribution in [0.5, 0.6) is 0 Å². The standard InChI is InChI=1S/C22H22F2N6.ClH/c23-20-17(13-10-25-26-11-13)3-4-18(21(20)24)19-7-12-5-6-30(22(12)29-28-19)16-8-14-1-2-15(9-16)27-14;/h3-4,7,10-11,14-16,27H,1-2,5-6,8-9H2,(H,25,26);1H/t14-,15+,16?;. The maximum Gasteiger partial charge on any atom is 0.168 e. The topological polar surface area (TPSA) is 69.7 Å². The number of benzene rings is 1. The van der Waals surface area contributed by atoms with Gasteiger partial charge in [0.2, 0.25) is 0 Å². The lowest BCUT2D eigenvalue weighted by Crippen LogP contribution is -2.48. The molecule has 2 aromatic heterocycles. The van der Waals surface area contributed by atoms with Gasteiger partial charge in [0.25, 0.3) is 0 Å². The lowest BCUT2D eigenvalue weighted by molar-refractivity contribution is 0.349. The van der Waals surface area contributed by atoms with Crippen molar-refractivity contribution in [1.82, 2.24) is 25.7 Å². The first kappa shape index (κ1) is 20.3. The highest BCUT2D eigenvalue weighted by Gasteiger charge is 2.38. The molecule has 5 heterocycles. The maximum atomic E-state index is 14.9. The van der Waals surface area contributed by atoms with Crippen LogP contribution in [0, 0.1) is 11.6 Å². The Balaban J connectivity index is 0.00000204. The van der Waals surface area contributed by atoms with E-state index < -0.39 is 11.6 Å². The smallest absolute Gasteiger partial charge is 0.168 e. The van der Waals surface area contributed by atoms with Gasteiger partial charge in [-0.3, -0.25) is 5.10 Å². The number of hydrogen-bond acceptors (Lipinski definition) is 5. The monoisotopic (exact) mass is 444 g/mol. The number of hydrogen-bond donors (Lipinski definition) is 2. The predicted molar refractivity (Wildman–Crippen MR) is 116 cm³/mol. The first-order chi connectivity index (χ1) is 14.7. The van der Waals surface area contributed by atoms with Gasteiger partial charge >= 0.3 is 0 Å². The average molecular weight is 445 g/mol. The molecule has 9 heteroatoms. The zero-order chi connectivity index (χ0) is 20.2. The third-order valence-electron chi connectivity index (χ3n) is 6.80. The summed E-state index contributed by atoms with van der Waals surface area (Å²) >= 11 is 0. The zero-order valence-corrected chi connectivity index (χ0v) is 17.6. The zero-order valence-electron chi connectivity index (χ0n) is 16.8. The molecule has 0 radical (unpaired) electrons. The molecule has 0 spiro atoms. The van der Waals surface area contributed by atoms with E-state index in [0.29, 0.717) is 29.4 Å². The molecule has 2 fully saturated rings. The molecule has 3 aromatic rings. The van der Waals surface area contributed by atoms with Crippen molar-refractivity contribution in [1.29, 1.82) is 0 Å². The summed E-state index contributed by atoms with van der Waals surface area (Å²) in [5.41, 5.74) is 2.24. The fourth-order valence-corrected chi connectivity index (χ4v) is 5.33. The molecule has 31 heavy (non-hydrogen) atoms. The number of anilines is 1. The third kappa shape index (κ3) is 3.38. The van der Waals surface area contributed by atoms with Crippen LogP contribution in [0.4, 0.5) is 14.6 Å². The van der Waals surface area contributed by atoms with E-state index >= 15 is 0 Å². The van der Waals surface area contributed by atoms with E-state index in [1.807, 2.05) is 6.07 Å². The molecule has 6 nitrogen and oxygen atoms in total. The predicted octanol–water partition coefficient (Wildman–Crippen LogP) is 3.88. The van der Waals surface area contributed by atoms with Crippen LogP contribution < -0.4 is 10.2 Å². The van der Waals surface area contributed by atoms with Crippen molar-refractivity contribution in [2.24, 2.45) is 0 Å². The van der Waals surface area contributed by atoms with Crippen LogP contribution >= 0.6 is 12.4 Å². The lowest BCUT2D eigenvalue weighted by Gasteiger charge is -2.36. The molecule has 1 unspecified atom stereocenters. The van der Waals surface area contributed by atoms with E-state index in [0.717, 1.165) is 37.2 Å². The van der Waals surface area contributed by atoms with Gasteiger partial charge in [0.15, 0.2) is 17.5 Å². The molecule has 3 aliphatic rings. The molecule has 0 aliphatic carbocycles. The quantitative estimate of drug-likeness (QED) is 0.641. The van der Waals surface area contributed by atoms with E-state index in [1.165, 1.54) is 25.2 Å². The summed E-state index contributed by atoms with van der Waals surface area (Å²) in [4.78, 5) is 2.37. The second-order valence-corrected chi connectivity index (χ2v) is 8.56. The van der Waals surface area contributed by atoms with Crippen LogP contribution in [-0.4, -0.2) is 45.1 Å². The molecular weight excluding hydrogens is 422 g/mol. The Bertz CT molecular complexity index is 1090. The molecule has 2 N–H and O–H groups in total. The van der Waals surface area contributed by atoms with Gasteiger partial charge in [-0.15, -0.1) is 22.6 Å². The average Bonchev–Trinajstić information content (AvgIpc) is 3.50. The highest BCUT2D eigenvalue weighted by atomic mass is 35.5. The fraction of sp³-hybridized carbons (Fsp3) is 0.409. The molecule has 1 aromatic carbocycles. The number of aromatic nitrogens is 4. The SMILES string of the molecule is Cl.Fc1c(-c2cn[nH]c2)ccc(-c2cc3c(nn2)N(C2C[C@H]4CC[C@@H](C2)N4)CC3)c1F. The fourth-order valence-electron chi connectivity index (χ4n) is 5.33. The highest BCUT2D eigenvalue weighted by molar-refractivity contribution is 5.85. The molecule has 2 saturated heterocycles. The molecule has 0 saturated carbocycles. The van der Waals surface area contributed by atoms with Crippen molar-refractivity contribution in [2.75, 3.05) is 11.4 Å². The molecule has 6 rings (SSSR count). The number of fused-ring (bicyclic) bond motifs is 3. The van der Waals surface area contributed by atoms with E-state index in [-0.39, 0.29) is 23.5 Å². The first-order valence-electron chi connectivity index (χ1n) is 10.5. The summed E-state index contributed by atoms with van der Waals surface area (Å²) in [6.07, 6.45) is 8.64. The van der Waals surface area contributed by atoms with Crippen LogP contribution in [0.2, 0.25) is 0 Å². The summed E-state index contributed by atoms with van der Waals surface area (Å²) in [5, 5.41) is 18.8. The molecule has 3 aliphatic heterocycles. The number of rotatable bonds is 3. The highest BCUT2D eigenvalue weighted by Crippen LogP contribution is 2.37. The molecule has 2 bridgehead atoms. The van der Waals surface area contributed by atoms with Crippen LogP contribution in [0.1, 0.15) is 31.2 Å². The van der Waals surface area contributed by atoms with Crippen molar-refractivity contribution in [2.45, 2.75) is 50.2 Å². The second-order valence-electron chi connectivity index (χ2n) is 8.56. The first-order valence-corrected chi connectivity index (χ1v) is 10.5. The van der Waals surface area contributed by atoms with Crippen molar-refractivity contribution in [3.05, 3.63) is 47.8 Å². The second kappa shape index (κ2) is 7.84. The lowest BCUT2D eigenvalue weighted by atomic mass is 9.98. The Kier molecular flexibility index (Phi) is 5.14. The number of nitrogens with one attached hydrogen (secondary N) is 2. The Labute approximate surface area is 184 Å². The van der Waals surface area contributed by atoms with Gasteiger partial charge in [-0.25, -0.2) is 8.78 Å². The van der Waals surface area contributed by atoms with Gasteiger partial charge in [-0.2, -0.15) is 5.10 Å². The Morgan fingerprint density at radius 3 is 2.48 bits per heavy atom. The molecule has 162 valence electrons. The van der Waals surface area contributed by atoms with Crippen molar-refractivity contribution in [3.8, 4) is 22.4 Å². The van der Waals surface area contributed by atoms with Crippen LogP contribution in [0.3, 0.4) is 0 Å². The van der Waals surface area contributed by atoms with Gasteiger partial charge in [-0.1, -0.05) is 6.07 Å². The summed E-state index contributed by atoms with van der Waals surface area (Å²) in [5.74, 6) is -0.906. The van der Waals surface area contributed by atoms with Crippen LogP contribution in [0.15, 0.2) is 30.6 Å². The molecule has 3 atom stereocenters. The molecular formula is C22H23ClF2N6. The minimum Gasteiger partial charge on any atom is -0.351 e. The summed E-state index contributed by atoms with van der Waals surface area (Å²) in [6.45, 7) is 0.911. The number of aromatic amines is 1. The van der Waals surface area contributed by atoms with Gasteiger partial charge < -0.3 is 10.2 Å². The minimum absolute atomic E-state index is 0. The number of piperidine rings is 1. The Morgan fingerprint density at radius 2 is 1.74 bits per heavy atom. The Hall–Kier alpha value is -2.58. The van der Waals surface area contributed by atoms with Crippen molar-refractivity contribution in [3.63, 3.8) is 0 Å². The van der Waals surface area contributed by atoms with Crippen LogP contribution in [0.25, 0.3) is 22.4 Å². The normalized spacial score (nSPS) is 24.2. The van der Waals surface area contributed by atoms with Gasteiger partial charge in [0, 0.05) is 53.1 Å². The summed E-state index contributed by atoms with van der Waals surface area (Å²) < 4.78 is 29.6. The number of halogens is 3. The van der Waals surface area contributed by atoms with Crippen molar-refractivity contribution < 1.29 is 8.78 Å².